The monoisotopic (exact) mass is 285 g/mol. The van der Waals surface area contributed by atoms with Crippen LogP contribution in [-0.2, 0) is 11.3 Å². The van der Waals surface area contributed by atoms with Gasteiger partial charge in [-0.05, 0) is 48.4 Å². The van der Waals surface area contributed by atoms with Crippen LogP contribution in [0.15, 0.2) is 42.5 Å². The molecule has 0 aromatic heterocycles. The van der Waals surface area contributed by atoms with Crippen LogP contribution in [0.3, 0.4) is 0 Å². The van der Waals surface area contributed by atoms with Crippen molar-refractivity contribution in [3.8, 4) is 5.75 Å². The Balaban J connectivity index is 1.99. The first kappa shape index (κ1) is 14.9. The van der Waals surface area contributed by atoms with Crippen molar-refractivity contribution < 1.29 is 14.3 Å². The maximum absolute atomic E-state index is 11.3. The summed E-state index contributed by atoms with van der Waals surface area (Å²) in [6, 6.07) is 13.3. The van der Waals surface area contributed by atoms with Crippen LogP contribution in [0, 0.1) is 6.92 Å². The number of carbonyl (C=O) groups excluding carboxylic acids is 1. The smallest absolute Gasteiger partial charge is 0.337 e. The first-order valence-corrected chi connectivity index (χ1v) is 6.70. The molecule has 0 aliphatic carbocycles. The minimum atomic E-state index is -0.327. The normalized spacial score (nSPS) is 10.0. The quantitative estimate of drug-likeness (QED) is 0.855. The van der Waals surface area contributed by atoms with Gasteiger partial charge in [0.2, 0.25) is 0 Å². The summed E-state index contributed by atoms with van der Waals surface area (Å²) in [4.78, 5) is 11.3. The van der Waals surface area contributed by atoms with Crippen molar-refractivity contribution in [1.29, 1.82) is 0 Å². The van der Waals surface area contributed by atoms with Gasteiger partial charge in [-0.3, -0.25) is 0 Å². The lowest BCUT2D eigenvalue weighted by Crippen LogP contribution is -2.03. The van der Waals surface area contributed by atoms with Crippen LogP contribution in [-0.4, -0.2) is 20.2 Å². The first-order chi connectivity index (χ1) is 10.1. The standard InChI is InChI=1S/C17H19NO3/c1-12-10-13(4-9-16(12)20-2)11-18-15-7-5-14(6-8-15)17(19)21-3/h4-10,18H,11H2,1-3H3. The molecule has 0 bridgehead atoms. The van der Waals surface area contributed by atoms with E-state index in [1.807, 2.05) is 31.2 Å². The van der Waals surface area contributed by atoms with E-state index in [0.717, 1.165) is 17.0 Å². The molecule has 0 spiro atoms. The second-order valence-electron chi connectivity index (χ2n) is 4.73. The van der Waals surface area contributed by atoms with Crippen LogP contribution in [0.5, 0.6) is 5.75 Å². The number of aryl methyl sites for hydroxylation is 1. The Morgan fingerprint density at radius 2 is 1.81 bits per heavy atom. The second-order valence-corrected chi connectivity index (χ2v) is 4.73. The molecule has 0 radical (unpaired) electrons. The molecule has 0 fully saturated rings. The number of nitrogens with one attached hydrogen (secondary N) is 1. The number of hydrogen-bond donors (Lipinski definition) is 1. The largest absolute Gasteiger partial charge is 0.496 e. The van der Waals surface area contributed by atoms with E-state index in [1.165, 1.54) is 12.7 Å². The van der Waals surface area contributed by atoms with Gasteiger partial charge >= 0.3 is 5.97 Å². The highest BCUT2D eigenvalue weighted by molar-refractivity contribution is 5.89. The summed E-state index contributed by atoms with van der Waals surface area (Å²) >= 11 is 0. The van der Waals surface area contributed by atoms with E-state index in [4.69, 9.17) is 4.74 Å². The Morgan fingerprint density at radius 3 is 2.38 bits per heavy atom. The van der Waals surface area contributed by atoms with Gasteiger partial charge in [0, 0.05) is 12.2 Å². The number of ether oxygens (including phenoxy) is 2. The molecule has 1 N–H and O–H groups in total. The average Bonchev–Trinajstić information content (AvgIpc) is 2.52. The average molecular weight is 285 g/mol. The highest BCUT2D eigenvalue weighted by atomic mass is 16.5. The van der Waals surface area contributed by atoms with Crippen molar-refractivity contribution >= 4 is 11.7 Å². The van der Waals surface area contributed by atoms with Crippen LogP contribution in [0.1, 0.15) is 21.5 Å². The highest BCUT2D eigenvalue weighted by Gasteiger charge is 2.04. The van der Waals surface area contributed by atoms with Crippen molar-refractivity contribution in [3.63, 3.8) is 0 Å². The summed E-state index contributed by atoms with van der Waals surface area (Å²) in [5.41, 5.74) is 3.78. The zero-order valence-electron chi connectivity index (χ0n) is 12.5. The molecule has 110 valence electrons. The molecular formula is C17H19NO3. The summed E-state index contributed by atoms with van der Waals surface area (Å²) in [5.74, 6) is 0.563. The van der Waals surface area contributed by atoms with Gasteiger partial charge in [0.05, 0.1) is 19.8 Å². The van der Waals surface area contributed by atoms with Crippen molar-refractivity contribution in [2.45, 2.75) is 13.5 Å². The minimum Gasteiger partial charge on any atom is -0.496 e. The molecule has 2 aromatic rings. The van der Waals surface area contributed by atoms with Gasteiger partial charge in [-0.1, -0.05) is 12.1 Å². The van der Waals surface area contributed by atoms with E-state index >= 15 is 0 Å². The fourth-order valence-corrected chi connectivity index (χ4v) is 2.10. The summed E-state index contributed by atoms with van der Waals surface area (Å²) in [6.07, 6.45) is 0. The van der Waals surface area contributed by atoms with E-state index in [-0.39, 0.29) is 5.97 Å². The molecule has 4 nitrogen and oxygen atoms in total. The zero-order chi connectivity index (χ0) is 15.2. The van der Waals surface area contributed by atoms with Crippen LogP contribution in [0.25, 0.3) is 0 Å². The van der Waals surface area contributed by atoms with Gasteiger partial charge in [-0.15, -0.1) is 0 Å². The molecule has 0 aliphatic heterocycles. The molecule has 2 rings (SSSR count). The predicted octanol–water partition coefficient (Wildman–Crippen LogP) is 3.40. The van der Waals surface area contributed by atoms with Crippen LogP contribution in [0.4, 0.5) is 5.69 Å². The number of esters is 1. The zero-order valence-corrected chi connectivity index (χ0v) is 12.5. The van der Waals surface area contributed by atoms with Crippen LogP contribution < -0.4 is 10.1 Å². The Morgan fingerprint density at radius 1 is 1.10 bits per heavy atom. The fraction of sp³-hybridized carbons (Fsp3) is 0.235. The Kier molecular flexibility index (Phi) is 4.82. The highest BCUT2D eigenvalue weighted by Crippen LogP contribution is 2.19. The number of methoxy groups -OCH3 is 2. The molecule has 21 heavy (non-hydrogen) atoms. The Hall–Kier alpha value is -2.49. The maximum Gasteiger partial charge on any atom is 0.337 e. The lowest BCUT2D eigenvalue weighted by atomic mass is 10.1. The van der Waals surface area contributed by atoms with Crippen molar-refractivity contribution in [1.82, 2.24) is 0 Å². The number of anilines is 1. The van der Waals surface area contributed by atoms with E-state index in [1.54, 1.807) is 19.2 Å². The van der Waals surface area contributed by atoms with Crippen LogP contribution >= 0.6 is 0 Å². The molecular weight excluding hydrogens is 266 g/mol. The SMILES string of the molecule is COC(=O)c1ccc(NCc2ccc(OC)c(C)c2)cc1. The number of carbonyl (C=O) groups is 1. The van der Waals surface area contributed by atoms with Crippen molar-refractivity contribution in [3.05, 3.63) is 59.2 Å². The maximum atomic E-state index is 11.3. The molecule has 0 saturated heterocycles. The molecule has 0 unspecified atom stereocenters. The first-order valence-electron chi connectivity index (χ1n) is 6.70. The summed E-state index contributed by atoms with van der Waals surface area (Å²) in [6.45, 7) is 2.73. The fourth-order valence-electron chi connectivity index (χ4n) is 2.10. The third-order valence-electron chi connectivity index (χ3n) is 3.26. The van der Waals surface area contributed by atoms with E-state index in [9.17, 15) is 4.79 Å². The third-order valence-corrected chi connectivity index (χ3v) is 3.26. The van der Waals surface area contributed by atoms with E-state index < -0.39 is 0 Å². The Bertz CT molecular complexity index is 620. The molecule has 4 heteroatoms. The van der Waals surface area contributed by atoms with Gasteiger partial charge < -0.3 is 14.8 Å². The van der Waals surface area contributed by atoms with Crippen molar-refractivity contribution in [2.24, 2.45) is 0 Å². The molecule has 2 aromatic carbocycles. The number of hydrogen-bond acceptors (Lipinski definition) is 4. The van der Waals surface area contributed by atoms with E-state index in [2.05, 4.69) is 16.1 Å². The van der Waals surface area contributed by atoms with Crippen molar-refractivity contribution in [2.75, 3.05) is 19.5 Å². The van der Waals surface area contributed by atoms with Gasteiger partial charge in [0.25, 0.3) is 0 Å². The lowest BCUT2D eigenvalue weighted by molar-refractivity contribution is 0.0601. The van der Waals surface area contributed by atoms with Gasteiger partial charge in [-0.25, -0.2) is 4.79 Å². The lowest BCUT2D eigenvalue weighted by Gasteiger charge is -2.10. The van der Waals surface area contributed by atoms with Gasteiger partial charge in [0.1, 0.15) is 5.75 Å². The summed E-state index contributed by atoms with van der Waals surface area (Å²) < 4.78 is 9.91. The molecule has 0 aliphatic rings. The molecule has 0 saturated carbocycles. The second kappa shape index (κ2) is 6.79. The van der Waals surface area contributed by atoms with Crippen LogP contribution in [0.2, 0.25) is 0 Å². The Labute approximate surface area is 124 Å². The predicted molar refractivity (Wildman–Crippen MR) is 82.8 cm³/mol. The number of benzene rings is 2. The van der Waals surface area contributed by atoms with Gasteiger partial charge in [0.15, 0.2) is 0 Å². The third kappa shape index (κ3) is 3.75. The summed E-state index contributed by atoms with van der Waals surface area (Å²) in [7, 11) is 3.05. The topological polar surface area (TPSA) is 47.6 Å². The molecule has 0 amide bonds. The minimum absolute atomic E-state index is 0.327. The molecule has 0 atom stereocenters. The van der Waals surface area contributed by atoms with Gasteiger partial charge in [-0.2, -0.15) is 0 Å². The summed E-state index contributed by atoms with van der Waals surface area (Å²) in [5, 5.41) is 3.32. The van der Waals surface area contributed by atoms with E-state index in [0.29, 0.717) is 12.1 Å². The molecule has 0 heterocycles. The number of rotatable bonds is 5.